The molecule has 15 heavy (non-hydrogen) atoms. The van der Waals surface area contributed by atoms with Crippen molar-refractivity contribution in [3.8, 4) is 0 Å². The zero-order chi connectivity index (χ0) is 11.8. The van der Waals surface area contributed by atoms with E-state index in [-0.39, 0.29) is 6.10 Å². The van der Waals surface area contributed by atoms with Crippen LogP contribution in [0.2, 0.25) is 0 Å². The maximum atomic E-state index is 5.76. The summed E-state index contributed by atoms with van der Waals surface area (Å²) in [7, 11) is 15.4. The van der Waals surface area contributed by atoms with Crippen LogP contribution >= 0.6 is 19.4 Å². The van der Waals surface area contributed by atoms with E-state index < -0.39 is 13.5 Å². The third-order valence-corrected chi connectivity index (χ3v) is 3.36. The van der Waals surface area contributed by atoms with Gasteiger partial charge in [0.25, 0.3) is 0 Å². The molecule has 0 N–H and O–H groups in total. The van der Waals surface area contributed by atoms with Crippen molar-refractivity contribution in [3.05, 3.63) is 43.8 Å². The molecule has 88 valence electrons. The van der Waals surface area contributed by atoms with Gasteiger partial charge in [-0.3, -0.25) is 0 Å². The number of hydrogen-bond donors (Lipinski definition) is 0. The van der Waals surface area contributed by atoms with Crippen LogP contribution in [0.5, 0.6) is 0 Å². The summed E-state index contributed by atoms with van der Waals surface area (Å²) in [6, 6.07) is 0. The minimum atomic E-state index is -1.76. The molecule has 4 heteroatoms. The van der Waals surface area contributed by atoms with Crippen molar-refractivity contribution in [2.24, 2.45) is 0 Å². The zero-order valence-electron chi connectivity index (χ0n) is 8.90. The summed E-state index contributed by atoms with van der Waals surface area (Å²) in [5, 5.41) is 0. The molecule has 0 aliphatic heterocycles. The monoisotopic (exact) mass is 336 g/mol. The second-order valence-corrected chi connectivity index (χ2v) is 8.77. The molecule has 0 amide bonds. The van der Waals surface area contributed by atoms with E-state index >= 15 is 0 Å². The summed E-state index contributed by atoms with van der Waals surface area (Å²) >= 11 is -1.76. The van der Waals surface area contributed by atoms with Crippen LogP contribution in [-0.4, -0.2) is 10.7 Å². The van der Waals surface area contributed by atoms with Gasteiger partial charge in [0.15, 0.2) is 0 Å². The first kappa shape index (κ1) is 15.1. The van der Waals surface area contributed by atoms with Crippen molar-refractivity contribution in [2.75, 3.05) is 0 Å². The van der Waals surface area contributed by atoms with E-state index in [9.17, 15) is 0 Å². The van der Waals surface area contributed by atoms with Gasteiger partial charge in [-0.05, 0) is 0 Å². The molecule has 0 saturated heterocycles. The Morgan fingerprint density at radius 2 is 2.07 bits per heavy atom. The van der Waals surface area contributed by atoms with Crippen LogP contribution in [-0.2, 0) is 17.9 Å². The third-order valence-electron chi connectivity index (χ3n) is 1.58. The van der Waals surface area contributed by atoms with Gasteiger partial charge in [-0.15, -0.1) is 0 Å². The first-order valence-corrected chi connectivity index (χ1v) is 9.82. The summed E-state index contributed by atoms with van der Waals surface area (Å²) in [6.45, 7) is 7.68. The van der Waals surface area contributed by atoms with Gasteiger partial charge in [0.2, 0.25) is 0 Å². The topological polar surface area (TPSA) is 2.70 Å². The van der Waals surface area contributed by atoms with Gasteiger partial charge < -0.3 is 0 Å². The average Bonchev–Trinajstić information content (AvgIpc) is 2.16. The summed E-state index contributed by atoms with van der Waals surface area (Å²) in [5.74, 6) is 0.893. The van der Waals surface area contributed by atoms with Crippen LogP contribution < -0.4 is 0 Å². The molecule has 0 bridgehead atoms. The van der Waals surface area contributed by atoms with Crippen molar-refractivity contribution in [1.29, 1.82) is 0 Å². The van der Waals surface area contributed by atoms with E-state index in [1.807, 2.05) is 36.7 Å². The standard InChI is InChI=1S/C11H16O.2ClH.Ru/c1-6-8-9-11(7-2)12(5)10(3)4;;;/h2,6-10H,1,5H2,3-4H3;2*1H;/q;;;+2/p-2/b9-8?,11-7-;;;. The summed E-state index contributed by atoms with van der Waals surface area (Å²) in [5.41, 5.74) is 0. The Morgan fingerprint density at radius 3 is 2.47 bits per heavy atom. The van der Waals surface area contributed by atoms with Crippen LogP contribution in [0.15, 0.2) is 36.6 Å². The fraction of sp³-hybridized carbons (Fsp3) is 0.273. The number of rotatable bonds is 5. The van der Waals surface area contributed by atoms with Gasteiger partial charge in [0.05, 0.1) is 0 Å². The van der Waals surface area contributed by atoms with E-state index in [1.165, 1.54) is 0 Å². The van der Waals surface area contributed by atoms with Crippen molar-refractivity contribution >= 4 is 24.0 Å². The molecule has 0 heterocycles. The van der Waals surface area contributed by atoms with E-state index in [1.54, 1.807) is 6.08 Å². The van der Waals surface area contributed by atoms with Crippen LogP contribution in [0, 0.1) is 7.11 Å². The zero-order valence-corrected chi connectivity index (χ0v) is 12.1. The molecule has 0 radical (unpaired) electrons. The second-order valence-electron chi connectivity index (χ2n) is 2.96. The van der Waals surface area contributed by atoms with E-state index in [2.05, 4.69) is 18.1 Å². The molecule has 0 aromatic rings. The maximum absolute atomic E-state index is 5.76. The average molecular weight is 336 g/mol. The van der Waals surface area contributed by atoms with Gasteiger partial charge in [-0.25, -0.2) is 0 Å². The van der Waals surface area contributed by atoms with Crippen molar-refractivity contribution in [3.63, 3.8) is 0 Å². The minimum absolute atomic E-state index is 0.241. The van der Waals surface area contributed by atoms with Crippen molar-refractivity contribution < 1.29 is 17.9 Å². The van der Waals surface area contributed by atoms with Crippen LogP contribution in [0.4, 0.5) is 0 Å². The van der Waals surface area contributed by atoms with Gasteiger partial charge in [-0.2, -0.15) is 0 Å². The predicted molar refractivity (Wildman–Crippen MR) is 66.8 cm³/mol. The summed E-state index contributed by atoms with van der Waals surface area (Å²) in [4.78, 5) is 0. The number of hydrogen-bond acceptors (Lipinski definition) is 0. The molecule has 0 aromatic heterocycles. The van der Waals surface area contributed by atoms with Crippen molar-refractivity contribution in [1.82, 2.24) is 0 Å². The molecule has 0 spiro atoms. The molecular weight excluding hydrogens is 320 g/mol. The van der Waals surface area contributed by atoms with Crippen LogP contribution in [0.1, 0.15) is 13.8 Å². The fourth-order valence-corrected chi connectivity index (χ4v) is 1.80. The fourth-order valence-electron chi connectivity index (χ4n) is 0.768. The molecule has 0 unspecified atom stereocenters. The van der Waals surface area contributed by atoms with Gasteiger partial charge >= 0.3 is 106 Å². The normalized spacial score (nSPS) is 13.2. The van der Waals surface area contributed by atoms with Gasteiger partial charge in [-0.1, -0.05) is 0 Å². The quantitative estimate of drug-likeness (QED) is 0.234. The Kier molecular flexibility index (Phi) is 8.32. The first-order chi connectivity index (χ1) is 6.99. The Labute approximate surface area is 105 Å². The molecule has 1 nitrogen and oxygen atoms in total. The van der Waals surface area contributed by atoms with E-state index in [0.717, 1.165) is 5.76 Å². The molecule has 0 aliphatic rings. The first-order valence-electron chi connectivity index (χ1n) is 4.34. The Hall–Kier alpha value is 0.0934. The molecule has 0 rings (SSSR count). The Balaban J connectivity index is 4.88. The SMILES string of the molecule is C=CC=C/C(=C/[CH]=[Ru]([Cl])[Cl])[O+]([CH2-])C(C)C. The summed E-state index contributed by atoms with van der Waals surface area (Å²) < 4.78 is 4.56. The van der Waals surface area contributed by atoms with Gasteiger partial charge in [0.1, 0.15) is 0 Å². The van der Waals surface area contributed by atoms with E-state index in [0.29, 0.717) is 0 Å². The van der Waals surface area contributed by atoms with Crippen molar-refractivity contribution in [2.45, 2.75) is 20.0 Å². The third kappa shape index (κ3) is 7.05. The van der Waals surface area contributed by atoms with E-state index in [4.69, 9.17) is 19.4 Å². The predicted octanol–water partition coefficient (Wildman–Crippen LogP) is 4.09. The Morgan fingerprint density at radius 1 is 1.47 bits per heavy atom. The van der Waals surface area contributed by atoms with Crippen LogP contribution in [0.25, 0.3) is 0 Å². The summed E-state index contributed by atoms with van der Waals surface area (Å²) in [6.07, 6.45) is 7.56. The van der Waals surface area contributed by atoms with Gasteiger partial charge in [0, 0.05) is 0 Å². The second kappa shape index (κ2) is 8.27. The Bertz CT molecular complexity index is 289. The number of allylic oxidation sites excluding steroid dienone is 4. The molecular formula is C11H16Cl2ORu. The molecule has 0 saturated carbocycles. The molecule has 0 aromatic carbocycles. The molecule has 0 atom stereocenters. The molecule has 0 fully saturated rings. The van der Waals surface area contributed by atoms with Crippen LogP contribution in [0.3, 0.4) is 0 Å². The number of halogens is 2. The molecule has 0 aliphatic carbocycles.